The van der Waals surface area contributed by atoms with Crippen LogP contribution in [0.1, 0.15) is 25.5 Å². The number of rotatable bonds is 3. The molecule has 0 bridgehead atoms. The van der Waals surface area contributed by atoms with Gasteiger partial charge >= 0.3 is 0 Å². The first-order valence-corrected chi connectivity index (χ1v) is 8.28. The highest BCUT2D eigenvalue weighted by Crippen LogP contribution is 2.34. The van der Waals surface area contributed by atoms with E-state index in [0.717, 1.165) is 5.56 Å². The molecule has 0 aliphatic carbocycles. The molecule has 0 saturated carbocycles. The fourth-order valence-electron chi connectivity index (χ4n) is 2.70. The Hall–Kier alpha value is -1.27. The second kappa shape index (κ2) is 5.26. The van der Waals surface area contributed by atoms with Crippen molar-refractivity contribution in [2.24, 2.45) is 0 Å². The minimum Gasteiger partial charge on any atom is -0.497 e. The van der Waals surface area contributed by atoms with Gasteiger partial charge in [-0.05, 0) is 32.0 Å². The second-order valence-corrected chi connectivity index (χ2v) is 7.85. The Labute approximate surface area is 120 Å². The summed E-state index contributed by atoms with van der Waals surface area (Å²) in [6.07, 6.45) is 0. The van der Waals surface area contributed by atoms with E-state index >= 15 is 0 Å². The van der Waals surface area contributed by atoms with E-state index in [-0.39, 0.29) is 17.5 Å². The molecule has 5 nitrogen and oxygen atoms in total. The summed E-state index contributed by atoms with van der Waals surface area (Å²) in [5.74, 6) is 1.56. The summed E-state index contributed by atoms with van der Waals surface area (Å²) in [5, 5.41) is 3.38. The topological polar surface area (TPSA) is 64.6 Å². The van der Waals surface area contributed by atoms with Crippen molar-refractivity contribution < 1.29 is 17.9 Å². The van der Waals surface area contributed by atoms with Gasteiger partial charge in [0.15, 0.2) is 9.84 Å². The van der Waals surface area contributed by atoms with Gasteiger partial charge < -0.3 is 14.8 Å². The molecule has 1 heterocycles. The van der Waals surface area contributed by atoms with Crippen molar-refractivity contribution in [3.05, 3.63) is 23.8 Å². The Morgan fingerprint density at radius 3 is 2.50 bits per heavy atom. The highest BCUT2D eigenvalue weighted by Gasteiger charge is 2.37. The summed E-state index contributed by atoms with van der Waals surface area (Å²) >= 11 is 0. The van der Waals surface area contributed by atoms with Gasteiger partial charge in [-0.3, -0.25) is 0 Å². The molecule has 1 aliphatic rings. The van der Waals surface area contributed by atoms with E-state index in [0.29, 0.717) is 11.5 Å². The normalized spacial score (nSPS) is 24.1. The van der Waals surface area contributed by atoms with Gasteiger partial charge in [0, 0.05) is 11.1 Å². The smallest absolute Gasteiger partial charge is 0.153 e. The molecule has 0 radical (unpaired) electrons. The average molecular weight is 299 g/mol. The number of sulfone groups is 1. The maximum atomic E-state index is 12.1. The molecule has 0 aromatic heterocycles. The highest BCUT2D eigenvalue weighted by atomic mass is 32.2. The summed E-state index contributed by atoms with van der Waals surface area (Å²) in [5.41, 5.74) is 0.346. The van der Waals surface area contributed by atoms with Crippen LogP contribution < -0.4 is 14.8 Å². The van der Waals surface area contributed by atoms with Gasteiger partial charge in [0.25, 0.3) is 0 Å². The molecule has 2 rings (SSSR count). The first kappa shape index (κ1) is 15.1. The molecule has 1 unspecified atom stereocenters. The van der Waals surface area contributed by atoms with E-state index in [1.807, 2.05) is 19.9 Å². The Balaban J connectivity index is 2.44. The van der Waals surface area contributed by atoms with Crippen molar-refractivity contribution in [2.75, 3.05) is 25.7 Å². The fraction of sp³-hybridized carbons (Fsp3) is 0.571. The third-order valence-electron chi connectivity index (χ3n) is 3.38. The van der Waals surface area contributed by atoms with Gasteiger partial charge in [0.2, 0.25) is 0 Å². The van der Waals surface area contributed by atoms with E-state index in [1.165, 1.54) is 0 Å². The van der Waals surface area contributed by atoms with Crippen LogP contribution in [0.4, 0.5) is 0 Å². The Morgan fingerprint density at radius 2 is 1.95 bits per heavy atom. The first-order valence-electron chi connectivity index (χ1n) is 6.46. The van der Waals surface area contributed by atoms with Gasteiger partial charge in [-0.1, -0.05) is 0 Å². The van der Waals surface area contributed by atoms with Crippen molar-refractivity contribution in [3.8, 4) is 11.5 Å². The van der Waals surface area contributed by atoms with Crippen molar-refractivity contribution >= 4 is 9.84 Å². The zero-order chi connectivity index (χ0) is 15.0. The second-order valence-electron chi connectivity index (χ2n) is 5.74. The lowest BCUT2D eigenvalue weighted by atomic mass is 10.0. The van der Waals surface area contributed by atoms with Crippen molar-refractivity contribution in [1.29, 1.82) is 0 Å². The summed E-state index contributed by atoms with van der Waals surface area (Å²) in [6, 6.07) is 5.12. The predicted molar refractivity (Wildman–Crippen MR) is 78.2 cm³/mol. The third-order valence-corrected chi connectivity index (χ3v) is 5.38. The van der Waals surface area contributed by atoms with Crippen molar-refractivity contribution in [2.45, 2.75) is 25.4 Å². The zero-order valence-electron chi connectivity index (χ0n) is 12.3. The lowest BCUT2D eigenvalue weighted by molar-refractivity contribution is 0.344. The van der Waals surface area contributed by atoms with Crippen LogP contribution in [0.5, 0.6) is 11.5 Å². The Bertz CT molecular complexity index is 595. The van der Waals surface area contributed by atoms with Gasteiger partial charge in [0.05, 0.1) is 31.8 Å². The standard InChI is InChI=1S/C14H21NO4S/c1-14(2)9-20(16,17)8-12(15-14)11-7-10(18-3)5-6-13(11)19-4/h5-7,12,15H,8-9H2,1-4H3. The van der Waals surface area contributed by atoms with Crippen LogP contribution in [0.2, 0.25) is 0 Å². The first-order chi connectivity index (χ1) is 9.26. The molecular weight excluding hydrogens is 278 g/mol. The molecule has 112 valence electrons. The molecule has 1 aromatic rings. The summed E-state index contributed by atoms with van der Waals surface area (Å²) in [4.78, 5) is 0. The molecule has 1 atom stereocenters. The monoisotopic (exact) mass is 299 g/mol. The summed E-state index contributed by atoms with van der Waals surface area (Å²) < 4.78 is 34.7. The zero-order valence-corrected chi connectivity index (χ0v) is 13.1. The van der Waals surface area contributed by atoms with Gasteiger partial charge in [-0.25, -0.2) is 8.42 Å². The number of ether oxygens (including phenoxy) is 2. The Morgan fingerprint density at radius 1 is 1.25 bits per heavy atom. The van der Waals surface area contributed by atoms with Gasteiger partial charge in [-0.2, -0.15) is 0 Å². The van der Waals surface area contributed by atoms with Crippen LogP contribution >= 0.6 is 0 Å². The van der Waals surface area contributed by atoms with E-state index in [2.05, 4.69) is 5.32 Å². The predicted octanol–water partition coefficient (Wildman–Crippen LogP) is 1.54. The lowest BCUT2D eigenvalue weighted by Crippen LogP contribution is -2.54. The van der Waals surface area contributed by atoms with Crippen LogP contribution in [0, 0.1) is 0 Å². The molecule has 1 N–H and O–H groups in total. The number of methoxy groups -OCH3 is 2. The molecular formula is C14H21NO4S. The van der Waals surface area contributed by atoms with Crippen molar-refractivity contribution in [3.63, 3.8) is 0 Å². The molecule has 0 spiro atoms. The molecule has 1 aromatic carbocycles. The quantitative estimate of drug-likeness (QED) is 0.917. The molecule has 0 amide bonds. The van der Waals surface area contributed by atoms with Crippen LogP contribution in [-0.4, -0.2) is 39.7 Å². The molecule has 1 fully saturated rings. The van der Waals surface area contributed by atoms with Gasteiger partial charge in [-0.15, -0.1) is 0 Å². The summed E-state index contributed by atoms with van der Waals surface area (Å²) in [7, 11) is 0.0699. The number of hydrogen-bond acceptors (Lipinski definition) is 5. The van der Waals surface area contributed by atoms with E-state index in [1.54, 1.807) is 26.4 Å². The average Bonchev–Trinajstić information content (AvgIpc) is 2.34. The third kappa shape index (κ3) is 3.24. The van der Waals surface area contributed by atoms with E-state index in [4.69, 9.17) is 9.47 Å². The van der Waals surface area contributed by atoms with Crippen LogP contribution in [0.15, 0.2) is 18.2 Å². The fourth-order valence-corrected chi connectivity index (χ4v) is 4.77. The molecule has 6 heteroatoms. The number of hydrogen-bond donors (Lipinski definition) is 1. The Kier molecular flexibility index (Phi) is 3.97. The minimum atomic E-state index is -3.09. The largest absolute Gasteiger partial charge is 0.497 e. The minimum absolute atomic E-state index is 0.0694. The van der Waals surface area contributed by atoms with Crippen LogP contribution in [0.3, 0.4) is 0 Å². The molecule has 1 saturated heterocycles. The maximum Gasteiger partial charge on any atom is 0.153 e. The maximum absolute atomic E-state index is 12.1. The van der Waals surface area contributed by atoms with Crippen molar-refractivity contribution in [1.82, 2.24) is 5.32 Å². The van der Waals surface area contributed by atoms with E-state index < -0.39 is 15.4 Å². The summed E-state index contributed by atoms with van der Waals surface area (Å²) in [6.45, 7) is 3.78. The lowest BCUT2D eigenvalue weighted by Gasteiger charge is -2.37. The van der Waals surface area contributed by atoms with Crippen LogP contribution in [0.25, 0.3) is 0 Å². The van der Waals surface area contributed by atoms with Crippen LogP contribution in [-0.2, 0) is 9.84 Å². The van der Waals surface area contributed by atoms with E-state index in [9.17, 15) is 8.42 Å². The van der Waals surface area contributed by atoms with Gasteiger partial charge in [0.1, 0.15) is 11.5 Å². The number of benzene rings is 1. The number of nitrogens with one attached hydrogen (secondary N) is 1. The molecule has 1 aliphatic heterocycles. The SMILES string of the molecule is COc1ccc(OC)c(C2CS(=O)(=O)CC(C)(C)N2)c1. The highest BCUT2D eigenvalue weighted by molar-refractivity contribution is 7.91. The molecule has 20 heavy (non-hydrogen) atoms.